The van der Waals surface area contributed by atoms with Gasteiger partial charge in [-0.15, -0.1) is 0 Å². The summed E-state index contributed by atoms with van der Waals surface area (Å²) in [4.78, 5) is 0. The smallest absolute Gasteiger partial charge is 0.0723 e. The Hall–Kier alpha value is -0.300. The highest BCUT2D eigenvalue weighted by molar-refractivity contribution is 4.96. The predicted molar refractivity (Wildman–Crippen MR) is 42.7 cm³/mol. The molecule has 0 bridgehead atoms. The minimum Gasteiger partial charge on any atom is -0.389 e. The van der Waals surface area contributed by atoms with E-state index in [0.717, 1.165) is 12.8 Å². The van der Waals surface area contributed by atoms with E-state index in [2.05, 4.69) is 19.9 Å². The van der Waals surface area contributed by atoms with Crippen LogP contribution in [0.25, 0.3) is 0 Å². The first-order chi connectivity index (χ1) is 4.70. The monoisotopic (exact) mass is 140 g/mol. The van der Waals surface area contributed by atoms with Crippen molar-refractivity contribution in [2.75, 3.05) is 0 Å². The highest BCUT2D eigenvalue weighted by atomic mass is 16.3. The van der Waals surface area contributed by atoms with Crippen LogP contribution in [0, 0.1) is 11.8 Å². The first-order valence-electron chi connectivity index (χ1n) is 4.05. The number of aliphatic hydroxyl groups excluding tert-OH is 1. The van der Waals surface area contributed by atoms with Gasteiger partial charge in [-0.25, -0.2) is 0 Å². The lowest BCUT2D eigenvalue weighted by Gasteiger charge is -2.24. The summed E-state index contributed by atoms with van der Waals surface area (Å²) in [7, 11) is 0. The minimum atomic E-state index is -0.179. The summed E-state index contributed by atoms with van der Waals surface area (Å²) in [6, 6.07) is 0. The summed E-state index contributed by atoms with van der Waals surface area (Å²) in [5.74, 6) is 1.40. The van der Waals surface area contributed by atoms with E-state index in [-0.39, 0.29) is 6.10 Å². The maximum atomic E-state index is 9.24. The van der Waals surface area contributed by atoms with E-state index in [1.54, 1.807) is 0 Å². The van der Waals surface area contributed by atoms with Crippen LogP contribution < -0.4 is 0 Å². The van der Waals surface area contributed by atoms with Gasteiger partial charge in [-0.05, 0) is 24.7 Å². The van der Waals surface area contributed by atoms with E-state index in [1.807, 2.05) is 6.08 Å². The predicted octanol–water partition coefficient (Wildman–Crippen LogP) is 1.97. The van der Waals surface area contributed by atoms with Crippen molar-refractivity contribution >= 4 is 0 Å². The first-order valence-corrected chi connectivity index (χ1v) is 4.05. The van der Waals surface area contributed by atoms with Gasteiger partial charge in [-0.3, -0.25) is 0 Å². The molecule has 0 spiro atoms. The number of hydrogen-bond donors (Lipinski definition) is 1. The Bertz CT molecular complexity index is 127. The summed E-state index contributed by atoms with van der Waals surface area (Å²) in [5, 5.41) is 9.24. The van der Waals surface area contributed by atoms with Gasteiger partial charge in [-0.2, -0.15) is 0 Å². The van der Waals surface area contributed by atoms with Crippen molar-refractivity contribution < 1.29 is 5.11 Å². The van der Waals surface area contributed by atoms with Crippen LogP contribution in [-0.4, -0.2) is 11.2 Å². The highest BCUT2D eigenvalue weighted by Gasteiger charge is 2.18. The second kappa shape index (κ2) is 3.20. The molecule has 1 heteroatoms. The summed E-state index contributed by atoms with van der Waals surface area (Å²) < 4.78 is 0. The molecule has 0 aromatic carbocycles. The fraction of sp³-hybridized carbons (Fsp3) is 0.778. The lowest BCUT2D eigenvalue weighted by molar-refractivity contribution is 0.161. The summed E-state index contributed by atoms with van der Waals surface area (Å²) >= 11 is 0. The average molecular weight is 140 g/mol. The van der Waals surface area contributed by atoms with Crippen LogP contribution in [0.4, 0.5) is 0 Å². The van der Waals surface area contributed by atoms with Gasteiger partial charge >= 0.3 is 0 Å². The zero-order chi connectivity index (χ0) is 7.56. The van der Waals surface area contributed by atoms with Gasteiger partial charge in [0.05, 0.1) is 6.10 Å². The summed E-state index contributed by atoms with van der Waals surface area (Å²) in [6.45, 7) is 4.44. The Balaban J connectivity index is 2.44. The van der Waals surface area contributed by atoms with E-state index in [1.165, 1.54) is 0 Å². The van der Waals surface area contributed by atoms with Crippen molar-refractivity contribution in [3.63, 3.8) is 0 Å². The molecule has 0 saturated carbocycles. The minimum absolute atomic E-state index is 0.179. The van der Waals surface area contributed by atoms with E-state index in [0.29, 0.717) is 11.8 Å². The van der Waals surface area contributed by atoms with Crippen molar-refractivity contribution in [2.24, 2.45) is 11.8 Å². The lowest BCUT2D eigenvalue weighted by atomic mass is 9.84. The largest absolute Gasteiger partial charge is 0.389 e. The third kappa shape index (κ3) is 1.84. The molecule has 0 fully saturated rings. The van der Waals surface area contributed by atoms with Gasteiger partial charge in [-0.1, -0.05) is 26.0 Å². The highest BCUT2D eigenvalue weighted by Crippen LogP contribution is 2.25. The van der Waals surface area contributed by atoms with Gasteiger partial charge in [0.25, 0.3) is 0 Å². The molecule has 0 unspecified atom stereocenters. The number of rotatable bonds is 1. The fourth-order valence-corrected chi connectivity index (χ4v) is 1.44. The van der Waals surface area contributed by atoms with Gasteiger partial charge in [0.15, 0.2) is 0 Å². The van der Waals surface area contributed by atoms with Crippen molar-refractivity contribution in [1.82, 2.24) is 0 Å². The van der Waals surface area contributed by atoms with Crippen LogP contribution in [0.5, 0.6) is 0 Å². The van der Waals surface area contributed by atoms with E-state index in [4.69, 9.17) is 0 Å². The Morgan fingerprint density at radius 3 is 2.60 bits per heavy atom. The Kier molecular flexibility index (Phi) is 2.50. The maximum Gasteiger partial charge on any atom is 0.0723 e. The molecule has 1 rings (SSSR count). The molecule has 1 N–H and O–H groups in total. The van der Waals surface area contributed by atoms with Crippen molar-refractivity contribution in [1.29, 1.82) is 0 Å². The molecular formula is C9H16O. The molecule has 0 aromatic rings. The third-order valence-electron chi connectivity index (χ3n) is 2.28. The number of hydrogen-bond acceptors (Lipinski definition) is 1. The molecule has 0 heterocycles. The zero-order valence-electron chi connectivity index (χ0n) is 6.75. The van der Waals surface area contributed by atoms with Crippen LogP contribution in [0.1, 0.15) is 26.7 Å². The van der Waals surface area contributed by atoms with E-state index < -0.39 is 0 Å². The standard InChI is InChI=1S/C9H16O/c1-7(2)8-4-3-5-9(10)6-8/h3,5,7-10H,4,6H2,1-2H3/t8-,9+/m0/s1. The molecule has 2 atom stereocenters. The zero-order valence-corrected chi connectivity index (χ0v) is 6.75. The molecule has 10 heavy (non-hydrogen) atoms. The average Bonchev–Trinajstić information content (AvgIpc) is 1.88. The maximum absolute atomic E-state index is 9.24. The molecule has 0 aromatic heterocycles. The first kappa shape index (κ1) is 7.80. The van der Waals surface area contributed by atoms with Crippen molar-refractivity contribution in [3.05, 3.63) is 12.2 Å². The van der Waals surface area contributed by atoms with Crippen LogP contribution in [0.3, 0.4) is 0 Å². The van der Waals surface area contributed by atoms with E-state index >= 15 is 0 Å². The second-order valence-electron chi connectivity index (χ2n) is 3.47. The molecule has 0 saturated heterocycles. The quantitative estimate of drug-likeness (QED) is 0.552. The Morgan fingerprint density at radius 1 is 1.50 bits per heavy atom. The number of aliphatic hydroxyl groups is 1. The molecule has 0 radical (unpaired) electrons. The van der Waals surface area contributed by atoms with Gasteiger partial charge in [0.2, 0.25) is 0 Å². The normalized spacial score (nSPS) is 33.2. The summed E-state index contributed by atoms with van der Waals surface area (Å²) in [6.07, 6.45) is 5.92. The van der Waals surface area contributed by atoms with Crippen LogP contribution in [0.2, 0.25) is 0 Å². The van der Waals surface area contributed by atoms with Crippen LogP contribution in [-0.2, 0) is 0 Å². The van der Waals surface area contributed by atoms with E-state index in [9.17, 15) is 5.11 Å². The van der Waals surface area contributed by atoms with Crippen molar-refractivity contribution in [2.45, 2.75) is 32.8 Å². The van der Waals surface area contributed by atoms with Crippen LogP contribution in [0.15, 0.2) is 12.2 Å². The lowest BCUT2D eigenvalue weighted by Crippen LogP contribution is -2.19. The topological polar surface area (TPSA) is 20.2 Å². The molecule has 0 amide bonds. The molecule has 1 nitrogen and oxygen atoms in total. The van der Waals surface area contributed by atoms with Crippen LogP contribution >= 0.6 is 0 Å². The summed E-state index contributed by atoms with van der Waals surface area (Å²) in [5.41, 5.74) is 0. The molecule has 1 aliphatic rings. The number of allylic oxidation sites excluding steroid dienone is 1. The van der Waals surface area contributed by atoms with Crippen molar-refractivity contribution in [3.8, 4) is 0 Å². The molecule has 58 valence electrons. The van der Waals surface area contributed by atoms with Gasteiger partial charge in [0, 0.05) is 0 Å². The SMILES string of the molecule is CC(C)[C@H]1CC=C[C@@H](O)C1. The van der Waals surface area contributed by atoms with Gasteiger partial charge in [0.1, 0.15) is 0 Å². The fourth-order valence-electron chi connectivity index (χ4n) is 1.44. The molecular weight excluding hydrogens is 124 g/mol. The molecule has 0 aliphatic heterocycles. The second-order valence-corrected chi connectivity index (χ2v) is 3.47. The third-order valence-corrected chi connectivity index (χ3v) is 2.28. The molecule has 1 aliphatic carbocycles. The Labute approximate surface area is 62.8 Å². The van der Waals surface area contributed by atoms with Gasteiger partial charge < -0.3 is 5.11 Å². The Morgan fingerprint density at radius 2 is 2.20 bits per heavy atom.